The van der Waals surface area contributed by atoms with Crippen molar-refractivity contribution in [1.82, 2.24) is 9.78 Å². The van der Waals surface area contributed by atoms with E-state index in [2.05, 4.69) is 33.3 Å². The predicted octanol–water partition coefficient (Wildman–Crippen LogP) is 1.77. The van der Waals surface area contributed by atoms with Gasteiger partial charge in [0.15, 0.2) is 0 Å². The number of rotatable bonds is 3. The monoisotopic (exact) mass is 315 g/mol. The Kier molecular flexibility index (Phi) is 4.40. The molecule has 0 aromatic carbocycles. The fraction of sp³-hybridized carbons (Fsp3) is 0.667. The van der Waals surface area contributed by atoms with E-state index in [1.54, 1.807) is 13.2 Å². The molecule has 0 radical (unpaired) electrons. The van der Waals surface area contributed by atoms with Crippen molar-refractivity contribution in [2.75, 3.05) is 18.5 Å². The molecule has 0 aliphatic carbocycles. The van der Waals surface area contributed by atoms with Crippen LogP contribution in [0.4, 0.5) is 5.69 Å². The summed E-state index contributed by atoms with van der Waals surface area (Å²) in [5.74, 6) is 0.578. The molecule has 1 aliphatic heterocycles. The van der Waals surface area contributed by atoms with Crippen molar-refractivity contribution in [1.29, 1.82) is 0 Å². The minimum absolute atomic E-state index is 0.126. The van der Waals surface area contributed by atoms with E-state index in [0.29, 0.717) is 16.4 Å². The van der Waals surface area contributed by atoms with Crippen molar-refractivity contribution in [2.24, 2.45) is 13.0 Å². The number of halogens is 1. The Labute approximate surface area is 115 Å². The highest BCUT2D eigenvalue weighted by molar-refractivity contribution is 9.10. The van der Waals surface area contributed by atoms with E-state index in [1.807, 2.05) is 0 Å². The Hall–Kier alpha value is -0.880. The van der Waals surface area contributed by atoms with Gasteiger partial charge in [0.1, 0.15) is 4.47 Å². The summed E-state index contributed by atoms with van der Waals surface area (Å²) in [6, 6.07) is 0.305. The molecule has 100 valence electrons. The van der Waals surface area contributed by atoms with Crippen molar-refractivity contribution in [3.63, 3.8) is 0 Å². The second-order valence-electron chi connectivity index (χ2n) is 4.68. The molecule has 2 rings (SSSR count). The molecule has 1 N–H and O–H groups in total. The first-order valence-corrected chi connectivity index (χ1v) is 6.95. The number of aryl methyl sites for hydroxylation is 1. The van der Waals surface area contributed by atoms with Crippen molar-refractivity contribution in [3.8, 4) is 0 Å². The zero-order valence-corrected chi connectivity index (χ0v) is 12.2. The average Bonchev–Trinajstić information content (AvgIpc) is 2.40. The lowest BCUT2D eigenvalue weighted by atomic mass is 9.93. The van der Waals surface area contributed by atoms with Gasteiger partial charge in [0.25, 0.3) is 5.56 Å². The van der Waals surface area contributed by atoms with E-state index in [9.17, 15) is 4.79 Å². The zero-order chi connectivity index (χ0) is 13.1. The minimum atomic E-state index is -0.126. The van der Waals surface area contributed by atoms with Crippen LogP contribution < -0.4 is 10.9 Å². The SMILES string of the molecule is CC(Nc1cnn(C)c(=O)c1Br)C1CCOCC1. The third-order valence-corrected chi connectivity index (χ3v) is 4.20. The standard InChI is InChI=1S/C12H18BrN3O2/c1-8(9-3-5-18-6-4-9)15-10-7-14-16(2)12(17)11(10)13/h7-9,15H,3-6H2,1-2H3. The topological polar surface area (TPSA) is 56.2 Å². The molecule has 1 aliphatic rings. The summed E-state index contributed by atoms with van der Waals surface area (Å²) in [6.45, 7) is 3.79. The lowest BCUT2D eigenvalue weighted by molar-refractivity contribution is 0.0622. The van der Waals surface area contributed by atoms with Crippen LogP contribution in [0.5, 0.6) is 0 Å². The first kappa shape index (κ1) is 13.5. The maximum atomic E-state index is 11.7. The Bertz CT molecular complexity index is 469. The van der Waals surface area contributed by atoms with Crippen molar-refractivity contribution >= 4 is 21.6 Å². The van der Waals surface area contributed by atoms with Gasteiger partial charge in [-0.25, -0.2) is 4.68 Å². The molecular weight excluding hydrogens is 298 g/mol. The molecule has 1 atom stereocenters. The smallest absolute Gasteiger partial charge is 0.282 e. The summed E-state index contributed by atoms with van der Waals surface area (Å²) < 4.78 is 7.21. The molecule has 0 saturated carbocycles. The summed E-state index contributed by atoms with van der Waals surface area (Å²) in [6.07, 6.45) is 3.80. The van der Waals surface area contributed by atoms with E-state index in [0.717, 1.165) is 31.7 Å². The van der Waals surface area contributed by atoms with Gasteiger partial charge in [0.05, 0.1) is 11.9 Å². The van der Waals surface area contributed by atoms with Gasteiger partial charge in [-0.05, 0) is 41.6 Å². The summed E-state index contributed by atoms with van der Waals surface area (Å²) in [5.41, 5.74) is 0.635. The summed E-state index contributed by atoms with van der Waals surface area (Å²) >= 11 is 3.32. The quantitative estimate of drug-likeness (QED) is 0.923. The van der Waals surface area contributed by atoms with Crippen LogP contribution in [-0.2, 0) is 11.8 Å². The highest BCUT2D eigenvalue weighted by Gasteiger charge is 2.21. The molecule has 1 fully saturated rings. The van der Waals surface area contributed by atoms with Gasteiger partial charge in [-0.2, -0.15) is 5.10 Å². The van der Waals surface area contributed by atoms with Crippen LogP contribution in [0.25, 0.3) is 0 Å². The molecule has 2 heterocycles. The Balaban J connectivity index is 2.09. The van der Waals surface area contributed by atoms with Crippen LogP contribution in [0.3, 0.4) is 0 Å². The molecular formula is C12H18BrN3O2. The van der Waals surface area contributed by atoms with Crippen LogP contribution in [0.15, 0.2) is 15.5 Å². The maximum absolute atomic E-state index is 11.7. The molecule has 0 amide bonds. The molecule has 1 aromatic heterocycles. The minimum Gasteiger partial charge on any atom is -0.381 e. The number of aromatic nitrogens is 2. The van der Waals surface area contributed by atoms with Gasteiger partial charge in [-0.15, -0.1) is 0 Å². The normalized spacial score (nSPS) is 18.6. The summed E-state index contributed by atoms with van der Waals surface area (Å²) in [5, 5.41) is 7.39. The zero-order valence-electron chi connectivity index (χ0n) is 10.6. The number of hydrogen-bond acceptors (Lipinski definition) is 4. The predicted molar refractivity (Wildman–Crippen MR) is 73.8 cm³/mol. The lowest BCUT2D eigenvalue weighted by Gasteiger charge is -2.29. The van der Waals surface area contributed by atoms with Gasteiger partial charge in [-0.3, -0.25) is 4.79 Å². The first-order chi connectivity index (χ1) is 8.59. The molecule has 0 bridgehead atoms. The number of nitrogens with zero attached hydrogens (tertiary/aromatic N) is 2. The Morgan fingerprint density at radius 1 is 1.56 bits per heavy atom. The van der Waals surface area contributed by atoms with Crippen molar-refractivity contribution in [3.05, 3.63) is 21.0 Å². The van der Waals surface area contributed by atoms with Gasteiger partial charge < -0.3 is 10.1 Å². The van der Waals surface area contributed by atoms with Crippen molar-refractivity contribution in [2.45, 2.75) is 25.8 Å². The van der Waals surface area contributed by atoms with Gasteiger partial charge in [-0.1, -0.05) is 0 Å². The molecule has 18 heavy (non-hydrogen) atoms. The lowest BCUT2D eigenvalue weighted by Crippen LogP contribution is -2.32. The second kappa shape index (κ2) is 5.84. The third-order valence-electron chi connectivity index (χ3n) is 3.43. The highest BCUT2D eigenvalue weighted by atomic mass is 79.9. The fourth-order valence-corrected chi connectivity index (χ4v) is 2.66. The number of ether oxygens (including phenoxy) is 1. The average molecular weight is 316 g/mol. The molecule has 1 aromatic rings. The van der Waals surface area contributed by atoms with Crippen LogP contribution in [0.2, 0.25) is 0 Å². The Morgan fingerprint density at radius 2 is 2.22 bits per heavy atom. The number of hydrogen-bond donors (Lipinski definition) is 1. The molecule has 6 heteroatoms. The van der Waals surface area contributed by atoms with Crippen LogP contribution >= 0.6 is 15.9 Å². The van der Waals surface area contributed by atoms with Crippen LogP contribution in [0, 0.1) is 5.92 Å². The summed E-state index contributed by atoms with van der Waals surface area (Å²) in [4.78, 5) is 11.7. The molecule has 0 spiro atoms. The van der Waals surface area contributed by atoms with E-state index in [-0.39, 0.29) is 5.56 Å². The first-order valence-electron chi connectivity index (χ1n) is 6.15. The van der Waals surface area contributed by atoms with Gasteiger partial charge >= 0.3 is 0 Å². The van der Waals surface area contributed by atoms with Gasteiger partial charge in [0, 0.05) is 26.3 Å². The van der Waals surface area contributed by atoms with E-state index in [1.165, 1.54) is 4.68 Å². The van der Waals surface area contributed by atoms with Crippen LogP contribution in [0.1, 0.15) is 19.8 Å². The summed E-state index contributed by atoms with van der Waals surface area (Å²) in [7, 11) is 1.64. The second-order valence-corrected chi connectivity index (χ2v) is 5.48. The highest BCUT2D eigenvalue weighted by Crippen LogP contribution is 2.24. The molecule has 5 nitrogen and oxygen atoms in total. The Morgan fingerprint density at radius 3 is 2.89 bits per heavy atom. The number of nitrogens with one attached hydrogen (secondary N) is 1. The largest absolute Gasteiger partial charge is 0.381 e. The van der Waals surface area contributed by atoms with E-state index < -0.39 is 0 Å². The molecule has 1 unspecified atom stereocenters. The maximum Gasteiger partial charge on any atom is 0.282 e. The fourth-order valence-electron chi connectivity index (χ4n) is 2.19. The van der Waals surface area contributed by atoms with E-state index >= 15 is 0 Å². The third kappa shape index (κ3) is 2.92. The number of anilines is 1. The van der Waals surface area contributed by atoms with Crippen molar-refractivity contribution < 1.29 is 4.74 Å². The van der Waals surface area contributed by atoms with E-state index in [4.69, 9.17) is 4.74 Å². The molecule has 1 saturated heterocycles. The van der Waals surface area contributed by atoms with Crippen LogP contribution in [-0.4, -0.2) is 29.0 Å². The van der Waals surface area contributed by atoms with Gasteiger partial charge in [0.2, 0.25) is 0 Å².